The highest BCUT2D eigenvalue weighted by atomic mass is 35.5. The summed E-state index contributed by atoms with van der Waals surface area (Å²) in [5.41, 5.74) is 0.537. The predicted octanol–water partition coefficient (Wildman–Crippen LogP) is 3.86. The zero-order valence-corrected chi connectivity index (χ0v) is 12.4. The van der Waals surface area contributed by atoms with Gasteiger partial charge in [-0.05, 0) is 44.2 Å². The second-order valence-electron chi connectivity index (χ2n) is 5.11. The van der Waals surface area contributed by atoms with E-state index < -0.39 is 11.9 Å². The van der Waals surface area contributed by atoms with E-state index in [1.807, 2.05) is 0 Å². The topological polar surface area (TPSA) is 55.8 Å². The van der Waals surface area contributed by atoms with E-state index in [0.717, 1.165) is 12.8 Å². The number of hydrogen-bond acceptors (Lipinski definition) is 3. The molecule has 4 nitrogen and oxygen atoms in total. The first kappa shape index (κ1) is 15.0. The van der Waals surface area contributed by atoms with Gasteiger partial charge in [0.05, 0.1) is 19.1 Å². The summed E-state index contributed by atoms with van der Waals surface area (Å²) in [5.74, 6) is -0.481. The highest BCUT2D eigenvalue weighted by molar-refractivity contribution is 6.31. The second kappa shape index (κ2) is 6.35. The summed E-state index contributed by atoms with van der Waals surface area (Å²) < 4.78 is 11.2. The molecule has 1 N–H and O–H groups in total. The van der Waals surface area contributed by atoms with E-state index in [0.29, 0.717) is 22.1 Å². The third-order valence-corrected chi connectivity index (χ3v) is 4.04. The summed E-state index contributed by atoms with van der Waals surface area (Å²) in [4.78, 5) is 11.1. The van der Waals surface area contributed by atoms with Crippen molar-refractivity contribution in [1.82, 2.24) is 0 Å². The van der Waals surface area contributed by atoms with Gasteiger partial charge in [0.2, 0.25) is 0 Å². The molecule has 0 spiro atoms. The number of hydrogen-bond donors (Lipinski definition) is 1. The summed E-state index contributed by atoms with van der Waals surface area (Å²) in [6, 6.07) is 3.32. The number of halogens is 1. The lowest BCUT2D eigenvalue weighted by molar-refractivity contribution is -0.138. The van der Waals surface area contributed by atoms with E-state index >= 15 is 0 Å². The zero-order chi connectivity index (χ0) is 14.7. The van der Waals surface area contributed by atoms with E-state index in [9.17, 15) is 4.79 Å². The van der Waals surface area contributed by atoms with Crippen LogP contribution in [0.25, 0.3) is 0 Å². The van der Waals surface area contributed by atoms with Crippen molar-refractivity contribution >= 4 is 17.6 Å². The van der Waals surface area contributed by atoms with Crippen molar-refractivity contribution in [3.8, 4) is 11.5 Å². The fourth-order valence-electron chi connectivity index (χ4n) is 2.45. The predicted molar refractivity (Wildman–Crippen MR) is 76.9 cm³/mol. The summed E-state index contributed by atoms with van der Waals surface area (Å²) in [7, 11) is 1.54. The van der Waals surface area contributed by atoms with Crippen LogP contribution in [0.2, 0.25) is 5.02 Å². The monoisotopic (exact) mass is 298 g/mol. The standard InChI is InChI=1S/C15H19ClO4/c1-9(15(17)18)11-7-13(19-2)14(8-12(11)16)20-10-5-3-4-6-10/h7-10H,3-6H2,1-2H3,(H,17,18). The Bertz CT molecular complexity index is 495. The molecular formula is C15H19ClO4. The van der Waals surface area contributed by atoms with Gasteiger partial charge in [0.15, 0.2) is 11.5 Å². The number of methoxy groups -OCH3 is 1. The van der Waals surface area contributed by atoms with Gasteiger partial charge >= 0.3 is 5.97 Å². The van der Waals surface area contributed by atoms with Gasteiger partial charge < -0.3 is 14.6 Å². The van der Waals surface area contributed by atoms with Gasteiger partial charge in [-0.2, -0.15) is 0 Å². The number of carbonyl (C=O) groups is 1. The normalized spacial score (nSPS) is 16.9. The largest absolute Gasteiger partial charge is 0.493 e. The fourth-order valence-corrected chi connectivity index (χ4v) is 2.77. The van der Waals surface area contributed by atoms with E-state index in [4.69, 9.17) is 26.2 Å². The molecule has 0 saturated heterocycles. The zero-order valence-electron chi connectivity index (χ0n) is 11.7. The Morgan fingerprint density at radius 3 is 2.55 bits per heavy atom. The van der Waals surface area contributed by atoms with E-state index in [-0.39, 0.29) is 6.10 Å². The van der Waals surface area contributed by atoms with Crippen LogP contribution in [0.15, 0.2) is 12.1 Å². The summed E-state index contributed by atoms with van der Waals surface area (Å²) >= 11 is 6.18. The number of aliphatic carboxylic acids is 1. The Morgan fingerprint density at radius 2 is 2.00 bits per heavy atom. The summed E-state index contributed by atoms with van der Waals surface area (Å²) in [5, 5.41) is 9.49. The molecule has 2 rings (SSSR count). The highest BCUT2D eigenvalue weighted by Crippen LogP contribution is 2.38. The lowest BCUT2D eigenvalue weighted by atomic mass is 10.0. The van der Waals surface area contributed by atoms with Crippen LogP contribution in [0, 0.1) is 0 Å². The van der Waals surface area contributed by atoms with Crippen molar-refractivity contribution < 1.29 is 19.4 Å². The van der Waals surface area contributed by atoms with Gasteiger partial charge in [-0.15, -0.1) is 0 Å². The summed E-state index contributed by atoms with van der Waals surface area (Å²) in [6.07, 6.45) is 4.62. The minimum Gasteiger partial charge on any atom is -0.493 e. The van der Waals surface area contributed by atoms with Crippen LogP contribution in [0.5, 0.6) is 11.5 Å². The van der Waals surface area contributed by atoms with Crippen LogP contribution in [-0.2, 0) is 4.79 Å². The first-order valence-electron chi connectivity index (χ1n) is 6.79. The van der Waals surface area contributed by atoms with E-state index in [1.165, 1.54) is 12.8 Å². The molecule has 1 aliphatic carbocycles. The van der Waals surface area contributed by atoms with Crippen molar-refractivity contribution in [2.75, 3.05) is 7.11 Å². The molecule has 20 heavy (non-hydrogen) atoms. The minimum absolute atomic E-state index is 0.197. The fraction of sp³-hybridized carbons (Fsp3) is 0.533. The van der Waals surface area contributed by atoms with Gasteiger partial charge in [-0.25, -0.2) is 0 Å². The van der Waals surface area contributed by atoms with Gasteiger partial charge in [-0.1, -0.05) is 11.6 Å². The molecule has 0 heterocycles. The lowest BCUT2D eigenvalue weighted by Crippen LogP contribution is -2.13. The van der Waals surface area contributed by atoms with Crippen molar-refractivity contribution in [2.24, 2.45) is 0 Å². The maximum atomic E-state index is 11.1. The molecular weight excluding hydrogens is 280 g/mol. The van der Waals surface area contributed by atoms with Crippen LogP contribution in [0.4, 0.5) is 0 Å². The maximum absolute atomic E-state index is 11.1. The minimum atomic E-state index is -0.918. The smallest absolute Gasteiger partial charge is 0.310 e. The van der Waals surface area contributed by atoms with Gasteiger partial charge in [-0.3, -0.25) is 4.79 Å². The SMILES string of the molecule is COc1cc(C(C)C(=O)O)c(Cl)cc1OC1CCCC1. The molecule has 1 aromatic carbocycles. The Hall–Kier alpha value is -1.42. The van der Waals surface area contributed by atoms with Crippen LogP contribution >= 0.6 is 11.6 Å². The molecule has 0 aromatic heterocycles. The molecule has 0 radical (unpaired) electrons. The number of carboxylic acid groups (broad SMARTS) is 1. The highest BCUT2D eigenvalue weighted by Gasteiger charge is 2.23. The average molecular weight is 299 g/mol. The third kappa shape index (κ3) is 3.18. The molecule has 1 atom stereocenters. The van der Waals surface area contributed by atoms with Crippen molar-refractivity contribution in [1.29, 1.82) is 0 Å². The molecule has 1 saturated carbocycles. The Labute approximate surface area is 123 Å². The summed E-state index contributed by atoms with van der Waals surface area (Å²) in [6.45, 7) is 1.60. The van der Waals surface area contributed by atoms with E-state index in [2.05, 4.69) is 0 Å². The molecule has 0 amide bonds. The van der Waals surface area contributed by atoms with Crippen LogP contribution in [0.1, 0.15) is 44.1 Å². The number of ether oxygens (including phenoxy) is 2. The molecule has 1 fully saturated rings. The Morgan fingerprint density at radius 1 is 1.35 bits per heavy atom. The average Bonchev–Trinajstić information content (AvgIpc) is 2.91. The van der Waals surface area contributed by atoms with Crippen molar-refractivity contribution in [2.45, 2.75) is 44.6 Å². The first-order valence-corrected chi connectivity index (χ1v) is 7.17. The number of benzene rings is 1. The number of rotatable bonds is 5. The van der Waals surface area contributed by atoms with Crippen molar-refractivity contribution in [3.05, 3.63) is 22.7 Å². The molecule has 0 bridgehead atoms. The van der Waals surface area contributed by atoms with Gasteiger partial charge in [0.25, 0.3) is 0 Å². The molecule has 1 aliphatic rings. The molecule has 5 heteroatoms. The Kier molecular flexibility index (Phi) is 4.76. The van der Waals surface area contributed by atoms with E-state index in [1.54, 1.807) is 26.2 Å². The maximum Gasteiger partial charge on any atom is 0.310 e. The quantitative estimate of drug-likeness (QED) is 0.897. The van der Waals surface area contributed by atoms with Gasteiger partial charge in [0, 0.05) is 11.1 Å². The number of carboxylic acids is 1. The lowest BCUT2D eigenvalue weighted by Gasteiger charge is -2.18. The molecule has 1 aromatic rings. The van der Waals surface area contributed by atoms with Crippen LogP contribution in [-0.4, -0.2) is 24.3 Å². The van der Waals surface area contributed by atoms with Crippen LogP contribution < -0.4 is 9.47 Å². The molecule has 110 valence electrons. The van der Waals surface area contributed by atoms with Crippen LogP contribution in [0.3, 0.4) is 0 Å². The molecule has 0 aliphatic heterocycles. The Balaban J connectivity index is 2.29. The van der Waals surface area contributed by atoms with Crippen molar-refractivity contribution in [3.63, 3.8) is 0 Å². The van der Waals surface area contributed by atoms with Gasteiger partial charge in [0.1, 0.15) is 0 Å². The molecule has 1 unspecified atom stereocenters. The second-order valence-corrected chi connectivity index (χ2v) is 5.52. The first-order chi connectivity index (χ1) is 9.52. The third-order valence-electron chi connectivity index (χ3n) is 3.72.